The van der Waals surface area contributed by atoms with Gasteiger partial charge in [-0.05, 0) is 45.8 Å². The Morgan fingerprint density at radius 2 is 1.94 bits per heavy atom. The van der Waals surface area contributed by atoms with E-state index in [9.17, 15) is 0 Å². The zero-order valence-electron chi connectivity index (χ0n) is 20.6. The van der Waals surface area contributed by atoms with Crippen molar-refractivity contribution < 1.29 is 9.47 Å². The van der Waals surface area contributed by atoms with Crippen molar-refractivity contribution in [2.75, 3.05) is 39.3 Å². The lowest BCUT2D eigenvalue weighted by Crippen LogP contribution is -2.26. The molecule has 0 saturated heterocycles. The van der Waals surface area contributed by atoms with Gasteiger partial charge in [-0.1, -0.05) is 0 Å². The second-order valence-corrected chi connectivity index (χ2v) is 8.33. The van der Waals surface area contributed by atoms with Gasteiger partial charge in [0.25, 0.3) is 0 Å². The number of methoxy groups -OCH3 is 2. The summed E-state index contributed by atoms with van der Waals surface area (Å²) >= 11 is 0. The number of likely N-dealkylation sites (N-methyl/N-ethyl adjacent to an activating group) is 1. The zero-order valence-corrected chi connectivity index (χ0v) is 20.6. The second-order valence-electron chi connectivity index (χ2n) is 8.33. The SMILES string of the molecule is C=Nc1ccc(N2CCN(C)Cc3c(OC)cc(OC)cc32)cc1N=C(C)c1cnn(CC)c1. The van der Waals surface area contributed by atoms with Crippen LogP contribution in [-0.4, -0.2) is 61.5 Å². The highest BCUT2D eigenvalue weighted by Gasteiger charge is 2.24. The molecule has 0 N–H and O–H groups in total. The van der Waals surface area contributed by atoms with Gasteiger partial charge in [-0.15, -0.1) is 0 Å². The van der Waals surface area contributed by atoms with Gasteiger partial charge in [0.1, 0.15) is 11.5 Å². The first kappa shape index (κ1) is 23.5. The van der Waals surface area contributed by atoms with Crippen LogP contribution in [-0.2, 0) is 13.1 Å². The van der Waals surface area contributed by atoms with Crippen molar-refractivity contribution in [2.24, 2.45) is 9.98 Å². The number of hydrogen-bond acceptors (Lipinski definition) is 7. The van der Waals surface area contributed by atoms with Crippen LogP contribution in [0.1, 0.15) is 25.0 Å². The van der Waals surface area contributed by atoms with Crippen LogP contribution in [0.5, 0.6) is 11.5 Å². The molecule has 0 saturated carbocycles. The third kappa shape index (κ3) is 4.68. The molecule has 0 radical (unpaired) electrons. The third-order valence-electron chi connectivity index (χ3n) is 6.14. The van der Waals surface area contributed by atoms with Gasteiger partial charge in [-0.3, -0.25) is 14.7 Å². The number of benzene rings is 2. The van der Waals surface area contributed by atoms with Crippen LogP contribution in [0.2, 0.25) is 0 Å². The van der Waals surface area contributed by atoms with E-state index < -0.39 is 0 Å². The minimum Gasteiger partial charge on any atom is -0.497 e. The van der Waals surface area contributed by atoms with Gasteiger partial charge in [0, 0.05) is 67.0 Å². The number of anilines is 2. The van der Waals surface area contributed by atoms with Gasteiger partial charge < -0.3 is 19.3 Å². The fourth-order valence-corrected chi connectivity index (χ4v) is 4.19. The third-order valence-corrected chi connectivity index (χ3v) is 6.14. The van der Waals surface area contributed by atoms with E-state index in [0.29, 0.717) is 0 Å². The summed E-state index contributed by atoms with van der Waals surface area (Å²) in [6.45, 7) is 11.1. The van der Waals surface area contributed by atoms with E-state index in [4.69, 9.17) is 14.5 Å². The van der Waals surface area contributed by atoms with Crippen molar-refractivity contribution in [1.82, 2.24) is 14.7 Å². The van der Waals surface area contributed by atoms with Crippen molar-refractivity contribution in [3.63, 3.8) is 0 Å². The molecule has 1 aromatic heterocycles. The Hall–Kier alpha value is -3.65. The summed E-state index contributed by atoms with van der Waals surface area (Å²) in [6.07, 6.45) is 3.84. The average Bonchev–Trinajstić information content (AvgIpc) is 3.27. The molecule has 0 aliphatic carbocycles. The topological polar surface area (TPSA) is 67.5 Å². The maximum atomic E-state index is 5.73. The lowest BCUT2D eigenvalue weighted by atomic mass is 10.1. The van der Waals surface area contributed by atoms with E-state index in [1.807, 2.05) is 36.1 Å². The zero-order chi connectivity index (χ0) is 24.2. The van der Waals surface area contributed by atoms with Gasteiger partial charge in [0.2, 0.25) is 0 Å². The average molecular weight is 461 g/mol. The van der Waals surface area contributed by atoms with Crippen LogP contribution >= 0.6 is 0 Å². The Labute approximate surface area is 201 Å². The quantitative estimate of drug-likeness (QED) is 0.466. The van der Waals surface area contributed by atoms with E-state index >= 15 is 0 Å². The maximum Gasteiger partial charge on any atom is 0.129 e. The molecular weight excluding hydrogens is 428 g/mol. The molecule has 0 unspecified atom stereocenters. The van der Waals surface area contributed by atoms with Crippen molar-refractivity contribution >= 4 is 35.2 Å². The summed E-state index contributed by atoms with van der Waals surface area (Å²) in [7, 11) is 5.50. The summed E-state index contributed by atoms with van der Waals surface area (Å²) in [5.41, 5.74) is 6.58. The molecule has 34 heavy (non-hydrogen) atoms. The summed E-state index contributed by atoms with van der Waals surface area (Å²) in [4.78, 5) is 13.7. The molecule has 8 heteroatoms. The van der Waals surface area contributed by atoms with Crippen molar-refractivity contribution in [1.29, 1.82) is 0 Å². The van der Waals surface area contributed by atoms with Gasteiger partial charge in [-0.2, -0.15) is 5.10 Å². The number of rotatable bonds is 7. The summed E-state index contributed by atoms with van der Waals surface area (Å²) in [6, 6.07) is 10.1. The highest BCUT2D eigenvalue weighted by Crippen LogP contribution is 2.42. The minimum absolute atomic E-state index is 0.737. The Morgan fingerprint density at radius 3 is 2.62 bits per heavy atom. The smallest absolute Gasteiger partial charge is 0.129 e. The number of aryl methyl sites for hydroxylation is 1. The van der Waals surface area contributed by atoms with Crippen molar-refractivity contribution in [3.05, 3.63) is 53.9 Å². The molecule has 0 bridgehead atoms. The molecule has 4 rings (SSSR count). The predicted octanol–water partition coefficient (Wildman–Crippen LogP) is 4.98. The Balaban J connectivity index is 1.81. The Kier molecular flexibility index (Phi) is 6.98. The summed E-state index contributed by atoms with van der Waals surface area (Å²) < 4.78 is 13.2. The largest absolute Gasteiger partial charge is 0.497 e. The lowest BCUT2D eigenvalue weighted by molar-refractivity contribution is 0.332. The number of fused-ring (bicyclic) bond motifs is 1. The Morgan fingerprint density at radius 1 is 1.12 bits per heavy atom. The van der Waals surface area contributed by atoms with Gasteiger partial charge in [0.15, 0.2) is 0 Å². The molecule has 3 aromatic rings. The molecule has 0 atom stereocenters. The maximum absolute atomic E-state index is 5.73. The predicted molar refractivity (Wildman–Crippen MR) is 138 cm³/mol. The lowest BCUT2D eigenvalue weighted by Gasteiger charge is -2.26. The summed E-state index contributed by atoms with van der Waals surface area (Å²) in [5, 5.41) is 4.37. The fraction of sp³-hybridized carbons (Fsp3) is 0.346. The van der Waals surface area contributed by atoms with Crippen LogP contribution in [0.25, 0.3) is 0 Å². The first-order valence-corrected chi connectivity index (χ1v) is 11.4. The van der Waals surface area contributed by atoms with Crippen LogP contribution in [0.3, 0.4) is 0 Å². The first-order valence-electron chi connectivity index (χ1n) is 11.4. The number of nitrogens with zero attached hydrogens (tertiary/aromatic N) is 6. The molecule has 0 amide bonds. The number of ether oxygens (including phenoxy) is 2. The first-order chi connectivity index (χ1) is 16.5. The molecular formula is C26H32N6O2. The molecule has 8 nitrogen and oxygen atoms in total. The highest BCUT2D eigenvalue weighted by molar-refractivity contribution is 6.00. The van der Waals surface area contributed by atoms with Crippen LogP contribution in [0.15, 0.2) is 52.7 Å². The summed E-state index contributed by atoms with van der Waals surface area (Å²) in [5.74, 6) is 1.58. The molecule has 0 spiro atoms. The van der Waals surface area contributed by atoms with E-state index in [1.54, 1.807) is 14.2 Å². The number of aliphatic imine (C=N–C) groups is 2. The van der Waals surface area contributed by atoms with Crippen LogP contribution < -0.4 is 14.4 Å². The second kappa shape index (κ2) is 10.1. The fourth-order valence-electron chi connectivity index (χ4n) is 4.19. The van der Waals surface area contributed by atoms with Gasteiger partial charge in [0.05, 0.1) is 37.5 Å². The van der Waals surface area contributed by atoms with Crippen molar-refractivity contribution in [3.8, 4) is 11.5 Å². The van der Waals surface area contributed by atoms with E-state index in [0.717, 1.165) is 77.3 Å². The molecule has 1 aliphatic heterocycles. The molecule has 2 aromatic carbocycles. The van der Waals surface area contributed by atoms with E-state index in [1.165, 1.54) is 0 Å². The molecule has 178 valence electrons. The molecule has 2 heterocycles. The monoisotopic (exact) mass is 460 g/mol. The van der Waals surface area contributed by atoms with E-state index in [-0.39, 0.29) is 0 Å². The Bertz CT molecular complexity index is 1220. The molecule has 1 aliphatic rings. The normalized spacial score (nSPS) is 14.5. The van der Waals surface area contributed by atoms with Crippen LogP contribution in [0, 0.1) is 0 Å². The minimum atomic E-state index is 0.737. The number of hydrogen-bond donors (Lipinski definition) is 0. The standard InChI is InChI=1S/C26H32N6O2/c1-7-31-16-19(15-28-31)18(2)29-24-12-20(8-9-23(24)27-3)32-11-10-30(4)17-22-25(32)13-21(33-5)14-26(22)34-6/h8-9,12-16H,3,7,10-11,17H2,1-2,4-6H3. The van der Waals surface area contributed by atoms with E-state index in [2.05, 4.69) is 58.8 Å². The van der Waals surface area contributed by atoms with Gasteiger partial charge in [-0.25, -0.2) is 0 Å². The van der Waals surface area contributed by atoms with Crippen molar-refractivity contribution in [2.45, 2.75) is 26.9 Å². The molecule has 0 fully saturated rings. The van der Waals surface area contributed by atoms with Crippen LogP contribution in [0.4, 0.5) is 22.7 Å². The highest BCUT2D eigenvalue weighted by atomic mass is 16.5. The van der Waals surface area contributed by atoms with Gasteiger partial charge >= 0.3 is 0 Å². The number of aromatic nitrogens is 2.